The third-order valence-electron chi connectivity index (χ3n) is 2.82. The van der Waals surface area contributed by atoms with Crippen molar-refractivity contribution in [2.24, 2.45) is 0 Å². The molecule has 0 saturated heterocycles. The normalized spacial score (nSPS) is 10.2. The van der Waals surface area contributed by atoms with E-state index in [-0.39, 0.29) is 0 Å². The van der Waals surface area contributed by atoms with E-state index in [1.165, 1.54) is 0 Å². The lowest BCUT2D eigenvalue weighted by Crippen LogP contribution is -2.14. The molecule has 0 amide bonds. The van der Waals surface area contributed by atoms with Gasteiger partial charge in [-0.25, -0.2) is 4.98 Å². The van der Waals surface area contributed by atoms with Gasteiger partial charge in [0.15, 0.2) is 5.82 Å². The van der Waals surface area contributed by atoms with Gasteiger partial charge in [-0.2, -0.15) is 4.98 Å². The molecule has 6 heteroatoms. The minimum absolute atomic E-state index is 0.497. The summed E-state index contributed by atoms with van der Waals surface area (Å²) >= 11 is 6.19. The number of aromatic nitrogens is 2. The van der Waals surface area contributed by atoms with Gasteiger partial charge in [0, 0.05) is 25.3 Å². The molecular formula is C14H17ClN4O. The van der Waals surface area contributed by atoms with Crippen molar-refractivity contribution in [3.8, 4) is 5.75 Å². The average Bonchev–Trinajstić information content (AvgIpc) is 2.49. The summed E-state index contributed by atoms with van der Waals surface area (Å²) in [6.07, 6.45) is 1.60. The van der Waals surface area contributed by atoms with Crippen molar-refractivity contribution in [2.75, 3.05) is 30.9 Å². The lowest BCUT2D eigenvalue weighted by atomic mass is 10.3. The van der Waals surface area contributed by atoms with E-state index in [0.717, 1.165) is 18.0 Å². The minimum atomic E-state index is 0.497. The fourth-order valence-corrected chi connectivity index (χ4v) is 2.00. The topological polar surface area (TPSA) is 50.3 Å². The molecule has 2 aromatic rings. The van der Waals surface area contributed by atoms with Gasteiger partial charge in [-0.3, -0.25) is 0 Å². The number of halogens is 1. The number of ether oxygens (including phenoxy) is 1. The number of nitrogens with zero attached hydrogens (tertiary/aromatic N) is 3. The Morgan fingerprint density at radius 2 is 2.20 bits per heavy atom. The van der Waals surface area contributed by atoms with Crippen LogP contribution >= 0.6 is 11.6 Å². The maximum atomic E-state index is 6.19. The fourth-order valence-electron chi connectivity index (χ4n) is 1.78. The number of rotatable bonds is 5. The zero-order chi connectivity index (χ0) is 14.5. The van der Waals surface area contributed by atoms with Crippen molar-refractivity contribution >= 4 is 29.1 Å². The van der Waals surface area contributed by atoms with Gasteiger partial charge in [0.05, 0.1) is 13.3 Å². The van der Waals surface area contributed by atoms with Crippen LogP contribution in [0.4, 0.5) is 17.5 Å². The van der Waals surface area contributed by atoms with E-state index < -0.39 is 0 Å². The Labute approximate surface area is 123 Å². The number of hydrogen-bond acceptors (Lipinski definition) is 5. The molecule has 1 N–H and O–H groups in total. The summed E-state index contributed by atoms with van der Waals surface area (Å²) in [6.45, 7) is 2.74. The van der Waals surface area contributed by atoms with Crippen molar-refractivity contribution in [3.05, 3.63) is 35.5 Å². The summed E-state index contributed by atoms with van der Waals surface area (Å²) in [6, 6.07) is 7.70. The quantitative estimate of drug-likeness (QED) is 0.916. The summed E-state index contributed by atoms with van der Waals surface area (Å²) in [5.41, 5.74) is 0.937. The number of nitrogens with one attached hydrogen (secondary N) is 1. The van der Waals surface area contributed by atoms with Crippen LogP contribution in [-0.4, -0.2) is 30.7 Å². The molecule has 0 fully saturated rings. The highest BCUT2D eigenvalue weighted by molar-refractivity contribution is 6.33. The first-order chi connectivity index (χ1) is 9.65. The molecule has 20 heavy (non-hydrogen) atoms. The van der Waals surface area contributed by atoms with Crippen molar-refractivity contribution in [2.45, 2.75) is 6.92 Å². The van der Waals surface area contributed by atoms with Gasteiger partial charge in [0.1, 0.15) is 10.8 Å². The maximum Gasteiger partial charge on any atom is 0.224 e. The van der Waals surface area contributed by atoms with Gasteiger partial charge >= 0.3 is 0 Å². The molecule has 0 radical (unpaired) electrons. The van der Waals surface area contributed by atoms with E-state index in [2.05, 4.69) is 15.3 Å². The highest BCUT2D eigenvalue weighted by Crippen LogP contribution is 2.30. The molecule has 0 aliphatic carbocycles. The number of hydrogen-bond donors (Lipinski definition) is 1. The summed E-state index contributed by atoms with van der Waals surface area (Å²) in [7, 11) is 3.54. The first kappa shape index (κ1) is 14.4. The molecule has 5 nitrogen and oxygen atoms in total. The molecule has 0 atom stereocenters. The van der Waals surface area contributed by atoms with Gasteiger partial charge in [-0.15, -0.1) is 0 Å². The Hall–Kier alpha value is -2.01. The van der Waals surface area contributed by atoms with Crippen LogP contribution in [0.1, 0.15) is 6.92 Å². The lowest BCUT2D eigenvalue weighted by molar-refractivity contribution is 0.415. The second kappa shape index (κ2) is 6.43. The minimum Gasteiger partial charge on any atom is -0.497 e. The molecule has 0 aliphatic rings. The molecule has 1 heterocycles. The zero-order valence-corrected chi connectivity index (χ0v) is 12.5. The Kier molecular flexibility index (Phi) is 4.63. The Bertz CT molecular complexity index is 591. The van der Waals surface area contributed by atoms with Crippen LogP contribution in [-0.2, 0) is 0 Å². The molecule has 1 aromatic carbocycles. The standard InChI is InChI=1S/C14H17ClN4O/c1-4-16-14-17-9-12(15)13(18-14)19(2)10-6-5-7-11(8-10)20-3/h5-9H,4H2,1-3H3,(H,16,17,18). The second-order valence-corrected chi connectivity index (χ2v) is 4.56. The highest BCUT2D eigenvalue weighted by Gasteiger charge is 2.12. The molecule has 0 spiro atoms. The predicted molar refractivity (Wildman–Crippen MR) is 82.3 cm³/mol. The van der Waals surface area contributed by atoms with Crippen LogP contribution in [0.15, 0.2) is 30.5 Å². The van der Waals surface area contributed by atoms with Crippen LogP contribution < -0.4 is 15.0 Å². The number of anilines is 3. The fraction of sp³-hybridized carbons (Fsp3) is 0.286. The van der Waals surface area contributed by atoms with E-state index in [1.54, 1.807) is 13.3 Å². The monoisotopic (exact) mass is 292 g/mol. The lowest BCUT2D eigenvalue weighted by Gasteiger charge is -2.20. The maximum absolute atomic E-state index is 6.19. The van der Waals surface area contributed by atoms with Crippen LogP contribution in [0.5, 0.6) is 5.75 Å². The smallest absolute Gasteiger partial charge is 0.224 e. The zero-order valence-electron chi connectivity index (χ0n) is 11.7. The molecule has 1 aromatic heterocycles. The second-order valence-electron chi connectivity index (χ2n) is 4.16. The highest BCUT2D eigenvalue weighted by atomic mass is 35.5. The predicted octanol–water partition coefficient (Wildman–Crippen LogP) is 3.34. The Balaban J connectivity index is 2.36. The van der Waals surface area contributed by atoms with Gasteiger partial charge in [-0.05, 0) is 19.1 Å². The summed E-state index contributed by atoms with van der Waals surface area (Å²) < 4.78 is 5.23. The van der Waals surface area contributed by atoms with Gasteiger partial charge in [-0.1, -0.05) is 17.7 Å². The Morgan fingerprint density at radius 1 is 1.40 bits per heavy atom. The van der Waals surface area contributed by atoms with E-state index >= 15 is 0 Å². The van der Waals surface area contributed by atoms with Crippen molar-refractivity contribution in [1.82, 2.24) is 9.97 Å². The van der Waals surface area contributed by atoms with Crippen LogP contribution in [0.3, 0.4) is 0 Å². The van der Waals surface area contributed by atoms with E-state index in [4.69, 9.17) is 16.3 Å². The van der Waals surface area contributed by atoms with Crippen molar-refractivity contribution < 1.29 is 4.74 Å². The van der Waals surface area contributed by atoms with Crippen LogP contribution in [0, 0.1) is 0 Å². The number of benzene rings is 1. The summed E-state index contributed by atoms with van der Waals surface area (Å²) in [4.78, 5) is 10.5. The molecule has 2 rings (SSSR count). The first-order valence-electron chi connectivity index (χ1n) is 6.30. The van der Waals surface area contributed by atoms with E-state index in [0.29, 0.717) is 16.8 Å². The van der Waals surface area contributed by atoms with Crippen molar-refractivity contribution in [1.29, 1.82) is 0 Å². The van der Waals surface area contributed by atoms with Crippen molar-refractivity contribution in [3.63, 3.8) is 0 Å². The molecule has 106 valence electrons. The van der Waals surface area contributed by atoms with Gasteiger partial charge in [0.25, 0.3) is 0 Å². The first-order valence-corrected chi connectivity index (χ1v) is 6.67. The molecule has 0 saturated carbocycles. The van der Waals surface area contributed by atoms with Crippen LogP contribution in [0.25, 0.3) is 0 Å². The van der Waals surface area contributed by atoms with Gasteiger partial charge < -0.3 is 15.0 Å². The molecule has 0 aliphatic heterocycles. The molecule has 0 unspecified atom stereocenters. The van der Waals surface area contributed by atoms with E-state index in [1.807, 2.05) is 43.1 Å². The Morgan fingerprint density at radius 3 is 2.90 bits per heavy atom. The van der Waals surface area contributed by atoms with Gasteiger partial charge in [0.2, 0.25) is 5.95 Å². The number of methoxy groups -OCH3 is 1. The molecule has 0 bridgehead atoms. The van der Waals surface area contributed by atoms with E-state index in [9.17, 15) is 0 Å². The molecular weight excluding hydrogens is 276 g/mol. The summed E-state index contributed by atoms with van der Waals surface area (Å²) in [5.74, 6) is 1.99. The third-order valence-corrected chi connectivity index (χ3v) is 3.09. The van der Waals surface area contributed by atoms with Crippen LogP contribution in [0.2, 0.25) is 5.02 Å². The largest absolute Gasteiger partial charge is 0.497 e. The average molecular weight is 293 g/mol. The summed E-state index contributed by atoms with van der Waals surface area (Å²) in [5, 5.41) is 3.57. The third kappa shape index (κ3) is 3.11. The SMILES string of the molecule is CCNc1ncc(Cl)c(N(C)c2cccc(OC)c2)n1.